The molecule has 0 amide bonds. The summed E-state index contributed by atoms with van der Waals surface area (Å²) in [6.45, 7) is 5.41. The average molecular weight is 180 g/mol. The molecule has 0 aromatic heterocycles. The molecule has 0 unspecified atom stereocenters. The van der Waals surface area contributed by atoms with Crippen molar-refractivity contribution in [3.63, 3.8) is 0 Å². The Balaban J connectivity index is 4.85. The molecule has 3 nitrogen and oxygen atoms in total. The zero-order valence-electron chi connectivity index (χ0n) is 8.88. The van der Waals surface area contributed by atoms with Crippen LogP contribution in [-0.4, -0.2) is 24.8 Å². The van der Waals surface area contributed by atoms with Gasteiger partial charge in [0.1, 0.15) is 11.6 Å². The highest BCUT2D eigenvalue weighted by Crippen LogP contribution is 2.19. The second-order valence-electron chi connectivity index (χ2n) is 4.20. The number of allylic oxidation sites excluding steroid dienone is 1. The van der Waals surface area contributed by atoms with Crippen molar-refractivity contribution in [1.29, 1.82) is 5.26 Å². The van der Waals surface area contributed by atoms with Gasteiger partial charge in [-0.1, -0.05) is 20.8 Å². The lowest BCUT2D eigenvalue weighted by Crippen LogP contribution is -2.22. The van der Waals surface area contributed by atoms with E-state index in [1.54, 1.807) is 46.0 Å². The van der Waals surface area contributed by atoms with E-state index in [2.05, 4.69) is 0 Å². The van der Waals surface area contributed by atoms with Gasteiger partial charge >= 0.3 is 0 Å². The fourth-order valence-electron chi connectivity index (χ4n) is 0.800. The molecule has 0 aromatic rings. The lowest BCUT2D eigenvalue weighted by molar-refractivity contribution is -0.122. The molecule has 0 spiro atoms. The molecule has 0 aromatic carbocycles. The Morgan fingerprint density at radius 1 is 1.38 bits per heavy atom. The van der Waals surface area contributed by atoms with E-state index in [9.17, 15) is 4.79 Å². The number of hydrogen-bond acceptors (Lipinski definition) is 3. The average Bonchev–Trinajstić information content (AvgIpc) is 1.96. The molecule has 0 N–H and O–H groups in total. The van der Waals surface area contributed by atoms with Crippen LogP contribution < -0.4 is 0 Å². The van der Waals surface area contributed by atoms with Gasteiger partial charge in [-0.3, -0.25) is 4.79 Å². The highest BCUT2D eigenvalue weighted by atomic mass is 16.1. The molecule has 0 saturated heterocycles. The van der Waals surface area contributed by atoms with Gasteiger partial charge in [-0.15, -0.1) is 0 Å². The molecule has 0 atom stereocenters. The van der Waals surface area contributed by atoms with E-state index >= 15 is 0 Å². The maximum Gasteiger partial charge on any atom is 0.180 e. The largest absolute Gasteiger partial charge is 0.382 e. The first-order valence-electron chi connectivity index (χ1n) is 4.12. The first-order chi connectivity index (χ1) is 5.79. The Hall–Kier alpha value is -1.30. The van der Waals surface area contributed by atoms with Crippen LogP contribution in [0.2, 0.25) is 0 Å². The second kappa shape index (κ2) is 4.08. The summed E-state index contributed by atoms with van der Waals surface area (Å²) < 4.78 is 0. The van der Waals surface area contributed by atoms with Crippen LogP contribution in [0.1, 0.15) is 20.8 Å². The zero-order valence-corrected chi connectivity index (χ0v) is 8.88. The van der Waals surface area contributed by atoms with Crippen LogP contribution in [0.15, 0.2) is 11.8 Å². The first kappa shape index (κ1) is 11.7. The maximum absolute atomic E-state index is 11.6. The lowest BCUT2D eigenvalue weighted by Gasteiger charge is -2.16. The van der Waals surface area contributed by atoms with Gasteiger partial charge in [-0.05, 0) is 0 Å². The fraction of sp³-hybridized carbons (Fsp3) is 0.600. The first-order valence-corrected chi connectivity index (χ1v) is 4.12. The van der Waals surface area contributed by atoms with Gasteiger partial charge < -0.3 is 4.90 Å². The standard InChI is InChI=1S/C10H16N2O/c1-10(2,3)9(13)8(6-11)7-12(4)5/h7H,1-5H3/b8-7+. The molecular weight excluding hydrogens is 164 g/mol. The van der Waals surface area contributed by atoms with Crippen LogP contribution in [0, 0.1) is 16.7 Å². The van der Waals surface area contributed by atoms with Crippen molar-refractivity contribution in [2.75, 3.05) is 14.1 Å². The van der Waals surface area contributed by atoms with E-state index < -0.39 is 5.41 Å². The van der Waals surface area contributed by atoms with Gasteiger partial charge in [0.2, 0.25) is 0 Å². The molecular formula is C10H16N2O. The van der Waals surface area contributed by atoms with E-state index in [1.807, 2.05) is 6.07 Å². The van der Waals surface area contributed by atoms with Gasteiger partial charge in [0, 0.05) is 25.7 Å². The van der Waals surface area contributed by atoms with Crippen LogP contribution in [0.25, 0.3) is 0 Å². The monoisotopic (exact) mass is 180 g/mol. The van der Waals surface area contributed by atoms with Crippen LogP contribution in [0.4, 0.5) is 0 Å². The number of rotatable bonds is 2. The summed E-state index contributed by atoms with van der Waals surface area (Å²) in [6.07, 6.45) is 1.55. The minimum Gasteiger partial charge on any atom is -0.382 e. The van der Waals surface area contributed by atoms with Crippen molar-refractivity contribution in [3.05, 3.63) is 11.8 Å². The van der Waals surface area contributed by atoms with Crippen molar-refractivity contribution in [1.82, 2.24) is 4.90 Å². The molecule has 0 aliphatic carbocycles. The number of carbonyl (C=O) groups excluding carboxylic acids is 1. The minimum absolute atomic E-state index is 0.122. The quantitative estimate of drug-likeness (QED) is 0.478. The van der Waals surface area contributed by atoms with E-state index in [-0.39, 0.29) is 11.4 Å². The Morgan fingerprint density at radius 3 is 2.08 bits per heavy atom. The molecule has 0 bridgehead atoms. The van der Waals surface area contributed by atoms with E-state index in [0.29, 0.717) is 0 Å². The van der Waals surface area contributed by atoms with Crippen molar-refractivity contribution in [2.45, 2.75) is 20.8 Å². The summed E-state index contributed by atoms with van der Waals surface area (Å²) in [5, 5.41) is 8.74. The molecule has 0 rings (SSSR count). The molecule has 0 aliphatic heterocycles. The highest BCUT2D eigenvalue weighted by molar-refractivity contribution is 6.02. The summed E-state index contributed by atoms with van der Waals surface area (Å²) in [5.74, 6) is -0.122. The van der Waals surface area contributed by atoms with Crippen molar-refractivity contribution in [2.24, 2.45) is 5.41 Å². The molecule has 72 valence electrons. The number of hydrogen-bond donors (Lipinski definition) is 0. The van der Waals surface area contributed by atoms with Gasteiger partial charge in [-0.25, -0.2) is 0 Å². The van der Waals surface area contributed by atoms with Crippen LogP contribution in [0.5, 0.6) is 0 Å². The lowest BCUT2D eigenvalue weighted by atomic mass is 9.87. The Kier molecular flexibility index (Phi) is 3.68. The molecule has 0 aliphatic rings. The highest BCUT2D eigenvalue weighted by Gasteiger charge is 2.24. The molecule has 0 saturated carbocycles. The predicted molar refractivity (Wildman–Crippen MR) is 51.8 cm³/mol. The SMILES string of the molecule is CN(C)/C=C(\C#N)C(=O)C(C)(C)C. The van der Waals surface area contributed by atoms with Crippen LogP contribution in [0.3, 0.4) is 0 Å². The number of Topliss-reactive ketones (excluding diaryl/α,β-unsaturated/α-hetero) is 1. The van der Waals surface area contributed by atoms with Gasteiger partial charge in [-0.2, -0.15) is 5.26 Å². The summed E-state index contributed by atoms with van der Waals surface area (Å²) in [4.78, 5) is 13.3. The van der Waals surface area contributed by atoms with E-state index in [1.165, 1.54) is 0 Å². The zero-order chi connectivity index (χ0) is 10.6. The summed E-state index contributed by atoms with van der Waals surface area (Å²) in [5.41, 5.74) is -0.282. The molecule has 0 heterocycles. The summed E-state index contributed by atoms with van der Waals surface area (Å²) in [7, 11) is 3.57. The van der Waals surface area contributed by atoms with E-state index in [0.717, 1.165) is 0 Å². The second-order valence-corrected chi connectivity index (χ2v) is 4.20. The third-order valence-electron chi connectivity index (χ3n) is 1.43. The number of nitriles is 1. The van der Waals surface area contributed by atoms with Crippen molar-refractivity contribution in [3.8, 4) is 6.07 Å². The third kappa shape index (κ3) is 3.75. The Labute approximate surface area is 79.6 Å². The van der Waals surface area contributed by atoms with Crippen molar-refractivity contribution >= 4 is 5.78 Å². The van der Waals surface area contributed by atoms with Crippen molar-refractivity contribution < 1.29 is 4.79 Å². The molecule has 3 heteroatoms. The van der Waals surface area contributed by atoms with Gasteiger partial charge in [0.25, 0.3) is 0 Å². The molecule has 13 heavy (non-hydrogen) atoms. The fourth-order valence-corrected chi connectivity index (χ4v) is 0.800. The van der Waals surface area contributed by atoms with Crippen LogP contribution >= 0.6 is 0 Å². The summed E-state index contributed by atoms with van der Waals surface area (Å²) in [6, 6.07) is 1.91. The van der Waals surface area contributed by atoms with E-state index in [4.69, 9.17) is 5.26 Å². The minimum atomic E-state index is -0.489. The summed E-state index contributed by atoms with van der Waals surface area (Å²) >= 11 is 0. The van der Waals surface area contributed by atoms with Gasteiger partial charge in [0.15, 0.2) is 5.78 Å². The predicted octanol–water partition coefficient (Wildman–Crippen LogP) is 1.57. The number of carbonyl (C=O) groups is 1. The number of ketones is 1. The van der Waals surface area contributed by atoms with Crippen LogP contribution in [-0.2, 0) is 4.79 Å². The topological polar surface area (TPSA) is 44.1 Å². The smallest absolute Gasteiger partial charge is 0.180 e. The third-order valence-corrected chi connectivity index (χ3v) is 1.43. The normalized spacial score (nSPS) is 12.2. The Morgan fingerprint density at radius 2 is 1.85 bits per heavy atom. The Bertz CT molecular complexity index is 264. The number of nitrogens with zero attached hydrogens (tertiary/aromatic N) is 2. The molecule has 0 radical (unpaired) electrons. The maximum atomic E-state index is 11.6. The van der Waals surface area contributed by atoms with Gasteiger partial charge in [0.05, 0.1) is 0 Å². The molecule has 0 fully saturated rings.